The lowest BCUT2D eigenvalue weighted by Gasteiger charge is -2.25. The van der Waals surface area contributed by atoms with Gasteiger partial charge in [-0.1, -0.05) is 18.2 Å². The minimum absolute atomic E-state index is 0.110. The quantitative estimate of drug-likeness (QED) is 0.259. The van der Waals surface area contributed by atoms with E-state index in [1.807, 2.05) is 12.1 Å². The first-order chi connectivity index (χ1) is 20.5. The number of urea groups is 1. The number of nitrogens with one attached hydrogen (secondary N) is 3. The number of thioether (sulfide) groups is 1. The van der Waals surface area contributed by atoms with Gasteiger partial charge >= 0.3 is 6.03 Å². The van der Waals surface area contributed by atoms with Crippen LogP contribution in [0.25, 0.3) is 0 Å². The predicted octanol–water partition coefficient (Wildman–Crippen LogP) is 2.59. The van der Waals surface area contributed by atoms with Crippen molar-refractivity contribution in [2.24, 2.45) is 5.73 Å². The highest BCUT2D eigenvalue weighted by Gasteiger charge is 2.38. The van der Waals surface area contributed by atoms with E-state index in [0.717, 1.165) is 16.0 Å². The van der Waals surface area contributed by atoms with Crippen LogP contribution in [0.4, 0.5) is 16.2 Å². The van der Waals surface area contributed by atoms with E-state index in [-0.39, 0.29) is 30.9 Å². The molecule has 0 fully saturated rings. The van der Waals surface area contributed by atoms with E-state index in [1.54, 1.807) is 56.3 Å². The molecule has 1 aliphatic carbocycles. The zero-order valence-electron chi connectivity index (χ0n) is 23.6. The van der Waals surface area contributed by atoms with Gasteiger partial charge in [0.2, 0.25) is 5.91 Å². The Kier molecular flexibility index (Phi) is 8.14. The zero-order valence-corrected chi connectivity index (χ0v) is 24.4. The van der Waals surface area contributed by atoms with Crippen LogP contribution < -0.4 is 26.6 Å². The Hall–Kier alpha value is -4.84. The third kappa shape index (κ3) is 6.19. The van der Waals surface area contributed by atoms with E-state index in [9.17, 15) is 29.1 Å². The molecule has 11 nitrogen and oxygen atoms in total. The largest absolute Gasteiger partial charge is 0.507 e. The average Bonchev–Trinajstić information content (AvgIpc) is 3.27. The number of nitrogens with two attached hydrogens (primary N) is 1. The van der Waals surface area contributed by atoms with Gasteiger partial charge in [0.15, 0.2) is 0 Å². The van der Waals surface area contributed by atoms with E-state index < -0.39 is 35.3 Å². The lowest BCUT2D eigenvalue weighted by molar-refractivity contribution is -0.122. The number of hydrogen-bond donors (Lipinski definition) is 5. The minimum Gasteiger partial charge on any atom is -0.507 e. The first-order valence-electron chi connectivity index (χ1n) is 13.6. The van der Waals surface area contributed by atoms with Crippen molar-refractivity contribution in [3.63, 3.8) is 0 Å². The van der Waals surface area contributed by atoms with Crippen LogP contribution in [0.15, 0.2) is 59.5 Å². The predicted molar refractivity (Wildman–Crippen MR) is 162 cm³/mol. The number of aldehydes is 1. The molecule has 2 atom stereocenters. The summed E-state index contributed by atoms with van der Waals surface area (Å²) in [6, 6.07) is 13.8. The molecule has 3 aromatic carbocycles. The molecule has 0 saturated carbocycles. The molecule has 12 heteroatoms. The molecule has 0 spiro atoms. The van der Waals surface area contributed by atoms with Crippen LogP contribution in [-0.4, -0.2) is 59.0 Å². The number of benzene rings is 3. The average molecular weight is 602 g/mol. The number of fused-ring (bicyclic) bond motifs is 2. The number of amides is 5. The van der Waals surface area contributed by atoms with Crippen molar-refractivity contribution >= 4 is 53.2 Å². The number of phenols is 1. The zero-order chi connectivity index (χ0) is 30.9. The third-order valence-electron chi connectivity index (χ3n) is 7.59. The highest BCUT2D eigenvalue weighted by molar-refractivity contribution is 7.99. The van der Waals surface area contributed by atoms with Gasteiger partial charge in [-0.3, -0.25) is 14.4 Å². The van der Waals surface area contributed by atoms with Crippen molar-refractivity contribution in [1.82, 2.24) is 10.6 Å². The summed E-state index contributed by atoms with van der Waals surface area (Å²) < 4.78 is 0. The smallest absolute Gasteiger partial charge is 0.312 e. The number of carbonyl (C=O) groups excluding carboxylic acids is 5. The van der Waals surface area contributed by atoms with Crippen molar-refractivity contribution in [1.29, 1.82) is 0 Å². The molecule has 6 N–H and O–H groups in total. The number of carbonyl (C=O) groups is 5. The number of para-hydroxylation sites is 1. The molecule has 0 aromatic heterocycles. The summed E-state index contributed by atoms with van der Waals surface area (Å²) in [5.74, 6) is -0.983. The molecular formula is C31H31N5O6S. The molecule has 3 aromatic rings. The van der Waals surface area contributed by atoms with Gasteiger partial charge < -0.3 is 36.5 Å². The Balaban J connectivity index is 1.33. The van der Waals surface area contributed by atoms with Crippen LogP contribution in [0, 0.1) is 13.8 Å². The van der Waals surface area contributed by atoms with Gasteiger partial charge in [-0.05, 0) is 72.5 Å². The number of hydrogen-bond acceptors (Lipinski definition) is 7. The summed E-state index contributed by atoms with van der Waals surface area (Å²) in [5, 5.41) is 18.2. The van der Waals surface area contributed by atoms with Gasteiger partial charge in [0, 0.05) is 34.7 Å². The third-order valence-corrected chi connectivity index (χ3v) is 8.74. The highest BCUT2D eigenvalue weighted by atomic mass is 32.2. The monoisotopic (exact) mass is 601 g/mol. The van der Waals surface area contributed by atoms with E-state index in [0.29, 0.717) is 34.4 Å². The standard InChI is InChI=1S/C31H31N5O6S/c1-17-9-20(10-18(2)27(17)39)28(40)34-23-15-43-25-6-4-3-5-24(25)36(29(23)41)14-26(38)33-22-8-7-19-12-31(16-37,35-30(32)42)13-21(19)11-22/h3-11,16,23,39H,12-15H2,1-2H3,(H,33,38)(H,34,40)(H3,32,35,42)/t23-,31?/m0/s1. The summed E-state index contributed by atoms with van der Waals surface area (Å²) in [5.41, 5.74) is 8.20. The fraction of sp³-hybridized carbons (Fsp3) is 0.258. The van der Waals surface area contributed by atoms with E-state index in [4.69, 9.17) is 5.73 Å². The van der Waals surface area contributed by atoms with E-state index in [1.165, 1.54) is 16.7 Å². The Morgan fingerprint density at radius 2 is 1.77 bits per heavy atom. The Labute approximate surface area is 252 Å². The van der Waals surface area contributed by atoms with Crippen molar-refractivity contribution in [2.45, 2.75) is 43.2 Å². The number of aromatic hydroxyl groups is 1. The van der Waals surface area contributed by atoms with E-state index in [2.05, 4.69) is 16.0 Å². The SMILES string of the molecule is Cc1cc(C(=O)N[C@H]2CSc3ccccc3N(CC(=O)Nc3ccc4c(c3)CC(C=O)(NC(N)=O)C4)C2=O)cc(C)c1O. The van der Waals surface area contributed by atoms with Crippen LogP contribution in [0.3, 0.4) is 0 Å². The van der Waals surface area contributed by atoms with Crippen LogP contribution >= 0.6 is 11.8 Å². The van der Waals surface area contributed by atoms with Crippen LogP contribution in [0.1, 0.15) is 32.6 Å². The van der Waals surface area contributed by atoms with Crippen molar-refractivity contribution < 1.29 is 29.1 Å². The molecular weight excluding hydrogens is 570 g/mol. The molecule has 0 saturated heterocycles. The number of anilines is 2. The van der Waals surface area contributed by atoms with Gasteiger partial charge in [0.25, 0.3) is 11.8 Å². The van der Waals surface area contributed by atoms with Gasteiger partial charge in [-0.15, -0.1) is 11.8 Å². The molecule has 5 amide bonds. The molecule has 0 radical (unpaired) electrons. The normalized spacial score (nSPS) is 19.1. The second-order valence-corrected chi connectivity index (χ2v) is 11.9. The van der Waals surface area contributed by atoms with Crippen molar-refractivity contribution in [3.05, 3.63) is 82.4 Å². The number of aryl methyl sites for hydroxylation is 2. The summed E-state index contributed by atoms with van der Waals surface area (Å²) in [6.45, 7) is 3.08. The molecule has 1 heterocycles. The molecule has 0 bridgehead atoms. The number of rotatable bonds is 7. The van der Waals surface area contributed by atoms with Crippen molar-refractivity contribution in [2.75, 3.05) is 22.5 Å². The van der Waals surface area contributed by atoms with Gasteiger partial charge in [-0.25, -0.2) is 4.79 Å². The topological polar surface area (TPSA) is 171 Å². The summed E-state index contributed by atoms with van der Waals surface area (Å²) >= 11 is 1.41. The Morgan fingerprint density at radius 1 is 1.07 bits per heavy atom. The molecule has 5 rings (SSSR count). The number of primary amides is 1. The molecule has 1 unspecified atom stereocenters. The summed E-state index contributed by atoms with van der Waals surface area (Å²) in [4.78, 5) is 65.6. The van der Waals surface area contributed by atoms with Gasteiger partial charge in [-0.2, -0.15) is 0 Å². The Bertz CT molecular complexity index is 1640. The lowest BCUT2D eigenvalue weighted by Crippen LogP contribution is -2.52. The van der Waals surface area contributed by atoms with Crippen LogP contribution in [-0.2, 0) is 27.2 Å². The fourth-order valence-electron chi connectivity index (χ4n) is 5.52. The van der Waals surface area contributed by atoms with Gasteiger partial charge in [0.1, 0.15) is 30.2 Å². The Morgan fingerprint density at radius 3 is 2.47 bits per heavy atom. The molecule has 222 valence electrons. The van der Waals surface area contributed by atoms with E-state index >= 15 is 0 Å². The maximum Gasteiger partial charge on any atom is 0.312 e. The number of nitrogens with zero attached hydrogens (tertiary/aromatic N) is 1. The lowest BCUT2D eigenvalue weighted by atomic mass is 9.98. The summed E-state index contributed by atoms with van der Waals surface area (Å²) in [6.07, 6.45) is 1.20. The first-order valence-corrected chi connectivity index (χ1v) is 14.6. The van der Waals surface area contributed by atoms with Crippen LogP contribution in [0.2, 0.25) is 0 Å². The molecule has 43 heavy (non-hydrogen) atoms. The maximum absolute atomic E-state index is 13.8. The minimum atomic E-state index is -1.13. The number of phenolic OH excluding ortho intramolecular Hbond substituents is 1. The summed E-state index contributed by atoms with van der Waals surface area (Å²) in [7, 11) is 0. The second-order valence-electron chi connectivity index (χ2n) is 10.8. The molecule has 1 aliphatic heterocycles. The fourth-order valence-corrected chi connectivity index (χ4v) is 6.60. The maximum atomic E-state index is 13.8. The van der Waals surface area contributed by atoms with Crippen LogP contribution in [0.5, 0.6) is 5.75 Å². The van der Waals surface area contributed by atoms with Crippen molar-refractivity contribution in [3.8, 4) is 5.75 Å². The second kappa shape index (κ2) is 11.8. The van der Waals surface area contributed by atoms with Gasteiger partial charge in [0.05, 0.1) is 5.69 Å². The molecule has 2 aliphatic rings. The highest BCUT2D eigenvalue weighted by Crippen LogP contribution is 2.35. The first kappa shape index (κ1) is 29.6.